The third-order valence-corrected chi connectivity index (χ3v) is 4.42. The van der Waals surface area contributed by atoms with E-state index in [0.29, 0.717) is 6.54 Å². The number of amides is 1. The Kier molecular flexibility index (Phi) is 3.04. The molecule has 4 nitrogen and oxygen atoms in total. The minimum absolute atomic E-state index is 0.155. The number of carbonyl (C=O) groups excluding carboxylic acids is 1. The summed E-state index contributed by atoms with van der Waals surface area (Å²) in [5, 5.41) is 6.42. The van der Waals surface area contributed by atoms with Gasteiger partial charge in [0.15, 0.2) is 0 Å². The van der Waals surface area contributed by atoms with Crippen molar-refractivity contribution >= 4 is 5.91 Å². The molecule has 2 fully saturated rings. The highest BCUT2D eigenvalue weighted by Crippen LogP contribution is 2.49. The van der Waals surface area contributed by atoms with Crippen LogP contribution in [-0.4, -0.2) is 24.0 Å². The summed E-state index contributed by atoms with van der Waals surface area (Å²) >= 11 is 0. The van der Waals surface area contributed by atoms with Crippen molar-refractivity contribution in [3.63, 3.8) is 0 Å². The van der Waals surface area contributed by atoms with Gasteiger partial charge in [-0.05, 0) is 29.9 Å². The maximum atomic E-state index is 12.3. The maximum absolute atomic E-state index is 12.3. The summed E-state index contributed by atoms with van der Waals surface area (Å²) in [7, 11) is 0. The number of rotatable bonds is 3. The molecule has 3 rings (SSSR count). The Labute approximate surface area is 107 Å². The Morgan fingerprint density at radius 2 is 2.44 bits per heavy atom. The Morgan fingerprint density at radius 3 is 3.11 bits per heavy atom. The zero-order valence-electron chi connectivity index (χ0n) is 10.5. The SMILES string of the molecule is O=C(NCc1cccnc1)C1CNCC12CCC2. The number of aromatic nitrogens is 1. The van der Waals surface area contributed by atoms with Crippen LogP contribution in [0.3, 0.4) is 0 Å². The van der Waals surface area contributed by atoms with E-state index >= 15 is 0 Å². The first-order valence-corrected chi connectivity index (χ1v) is 6.68. The smallest absolute Gasteiger partial charge is 0.225 e. The van der Waals surface area contributed by atoms with E-state index in [2.05, 4.69) is 15.6 Å². The fourth-order valence-electron chi connectivity index (χ4n) is 3.15. The molecule has 0 aromatic carbocycles. The van der Waals surface area contributed by atoms with Crippen LogP contribution in [0.4, 0.5) is 0 Å². The van der Waals surface area contributed by atoms with Crippen molar-refractivity contribution in [2.75, 3.05) is 13.1 Å². The summed E-state index contributed by atoms with van der Waals surface area (Å²) in [5.74, 6) is 0.353. The molecule has 1 amide bonds. The van der Waals surface area contributed by atoms with Gasteiger partial charge in [0.05, 0.1) is 5.92 Å². The van der Waals surface area contributed by atoms with Gasteiger partial charge >= 0.3 is 0 Å². The first-order valence-electron chi connectivity index (χ1n) is 6.68. The fraction of sp³-hybridized carbons (Fsp3) is 0.571. The van der Waals surface area contributed by atoms with Gasteiger partial charge in [0.25, 0.3) is 0 Å². The number of nitrogens with one attached hydrogen (secondary N) is 2. The predicted octanol–water partition coefficient (Wildman–Crippen LogP) is 1.09. The molecule has 96 valence electrons. The summed E-state index contributed by atoms with van der Waals surface area (Å²) in [5.41, 5.74) is 1.32. The lowest BCUT2D eigenvalue weighted by atomic mass is 9.62. The number of pyridine rings is 1. The number of hydrogen-bond acceptors (Lipinski definition) is 3. The average Bonchev–Trinajstić information content (AvgIpc) is 2.82. The molecule has 2 N–H and O–H groups in total. The van der Waals surface area contributed by atoms with E-state index in [1.165, 1.54) is 19.3 Å². The predicted molar refractivity (Wildman–Crippen MR) is 68.7 cm³/mol. The van der Waals surface area contributed by atoms with E-state index in [1.807, 2.05) is 12.1 Å². The molecule has 0 bridgehead atoms. The summed E-state index contributed by atoms with van der Waals surface area (Å²) < 4.78 is 0. The molecule has 4 heteroatoms. The molecule has 1 aliphatic heterocycles. The van der Waals surface area contributed by atoms with Gasteiger partial charge in [-0.25, -0.2) is 0 Å². The molecule has 1 aromatic heterocycles. The van der Waals surface area contributed by atoms with Crippen LogP contribution in [0.15, 0.2) is 24.5 Å². The van der Waals surface area contributed by atoms with Crippen molar-refractivity contribution < 1.29 is 4.79 Å². The minimum Gasteiger partial charge on any atom is -0.352 e. The molecular weight excluding hydrogens is 226 g/mol. The molecule has 1 spiro atoms. The van der Waals surface area contributed by atoms with Crippen LogP contribution in [0.25, 0.3) is 0 Å². The van der Waals surface area contributed by atoms with Gasteiger partial charge in [-0.1, -0.05) is 12.5 Å². The summed E-state index contributed by atoms with van der Waals surface area (Å²) in [6, 6.07) is 3.88. The monoisotopic (exact) mass is 245 g/mol. The van der Waals surface area contributed by atoms with Crippen LogP contribution in [0.1, 0.15) is 24.8 Å². The average molecular weight is 245 g/mol. The van der Waals surface area contributed by atoms with Crippen molar-refractivity contribution in [1.29, 1.82) is 0 Å². The molecular formula is C14H19N3O. The first kappa shape index (κ1) is 11.7. The molecule has 0 radical (unpaired) electrons. The minimum atomic E-state index is 0.155. The number of carbonyl (C=O) groups is 1. The standard InChI is InChI=1S/C14H19N3O/c18-13(17-8-11-3-1-6-15-7-11)12-9-16-10-14(12)4-2-5-14/h1,3,6-7,12,16H,2,4-5,8-10H2,(H,17,18). The lowest BCUT2D eigenvalue weighted by molar-refractivity contribution is -0.129. The van der Waals surface area contributed by atoms with E-state index in [4.69, 9.17) is 0 Å². The zero-order valence-corrected chi connectivity index (χ0v) is 10.5. The Bertz CT molecular complexity index is 428. The molecule has 1 unspecified atom stereocenters. The van der Waals surface area contributed by atoms with Gasteiger partial charge in [-0.15, -0.1) is 0 Å². The Morgan fingerprint density at radius 1 is 1.56 bits per heavy atom. The lowest BCUT2D eigenvalue weighted by Crippen LogP contribution is -2.45. The van der Waals surface area contributed by atoms with Crippen molar-refractivity contribution in [2.24, 2.45) is 11.3 Å². The van der Waals surface area contributed by atoms with Gasteiger partial charge in [-0.2, -0.15) is 0 Å². The van der Waals surface area contributed by atoms with Crippen LogP contribution in [0, 0.1) is 11.3 Å². The lowest BCUT2D eigenvalue weighted by Gasteiger charge is -2.41. The molecule has 2 heterocycles. The maximum Gasteiger partial charge on any atom is 0.225 e. The Balaban J connectivity index is 1.58. The van der Waals surface area contributed by atoms with Gasteiger partial charge in [0, 0.05) is 32.0 Å². The van der Waals surface area contributed by atoms with Crippen LogP contribution in [0.2, 0.25) is 0 Å². The highest BCUT2D eigenvalue weighted by Gasteiger charge is 2.50. The Hall–Kier alpha value is -1.42. The molecule has 1 saturated carbocycles. The fourth-order valence-corrected chi connectivity index (χ4v) is 3.15. The third-order valence-electron chi connectivity index (χ3n) is 4.42. The van der Waals surface area contributed by atoms with Crippen LogP contribution in [-0.2, 0) is 11.3 Å². The molecule has 1 saturated heterocycles. The van der Waals surface area contributed by atoms with Gasteiger partial charge in [-0.3, -0.25) is 9.78 Å². The summed E-state index contributed by atoms with van der Waals surface area (Å²) in [6.45, 7) is 2.43. The van der Waals surface area contributed by atoms with Crippen molar-refractivity contribution in [3.8, 4) is 0 Å². The highest BCUT2D eigenvalue weighted by atomic mass is 16.2. The largest absolute Gasteiger partial charge is 0.352 e. The summed E-state index contributed by atoms with van der Waals surface area (Å²) in [4.78, 5) is 16.3. The second-order valence-corrected chi connectivity index (χ2v) is 5.48. The van der Waals surface area contributed by atoms with Gasteiger partial charge in [0.2, 0.25) is 5.91 Å². The van der Waals surface area contributed by atoms with Crippen LogP contribution < -0.4 is 10.6 Å². The number of hydrogen-bond donors (Lipinski definition) is 2. The van der Waals surface area contributed by atoms with Crippen LogP contribution >= 0.6 is 0 Å². The van der Waals surface area contributed by atoms with E-state index < -0.39 is 0 Å². The highest BCUT2D eigenvalue weighted by molar-refractivity contribution is 5.80. The molecule has 1 aliphatic carbocycles. The molecule has 1 aromatic rings. The zero-order chi connectivity index (χ0) is 12.4. The second-order valence-electron chi connectivity index (χ2n) is 5.48. The van der Waals surface area contributed by atoms with E-state index in [1.54, 1.807) is 12.4 Å². The van der Waals surface area contributed by atoms with E-state index in [-0.39, 0.29) is 17.2 Å². The second kappa shape index (κ2) is 4.69. The van der Waals surface area contributed by atoms with Crippen LogP contribution in [0.5, 0.6) is 0 Å². The molecule has 2 aliphatic rings. The van der Waals surface area contributed by atoms with Gasteiger partial charge in [0.1, 0.15) is 0 Å². The quantitative estimate of drug-likeness (QED) is 0.838. The topological polar surface area (TPSA) is 54.0 Å². The third kappa shape index (κ3) is 2.01. The van der Waals surface area contributed by atoms with E-state index in [0.717, 1.165) is 18.7 Å². The normalized spacial score (nSPS) is 24.8. The van der Waals surface area contributed by atoms with Gasteiger partial charge < -0.3 is 10.6 Å². The van der Waals surface area contributed by atoms with Crippen molar-refractivity contribution in [3.05, 3.63) is 30.1 Å². The molecule has 18 heavy (non-hydrogen) atoms. The number of nitrogens with zero attached hydrogens (tertiary/aromatic N) is 1. The first-order chi connectivity index (χ1) is 8.80. The van der Waals surface area contributed by atoms with Crippen molar-refractivity contribution in [1.82, 2.24) is 15.6 Å². The molecule has 1 atom stereocenters. The van der Waals surface area contributed by atoms with Crippen molar-refractivity contribution in [2.45, 2.75) is 25.8 Å². The summed E-state index contributed by atoms with van der Waals surface area (Å²) in [6.07, 6.45) is 7.21. The van der Waals surface area contributed by atoms with E-state index in [9.17, 15) is 4.79 Å².